The molecule has 4 aliphatic carbocycles. The molecule has 3 saturated carbocycles. The van der Waals surface area contributed by atoms with E-state index in [1.165, 1.54) is 0 Å². The predicted octanol–water partition coefficient (Wildman–Crippen LogP) is 1.60. The highest BCUT2D eigenvalue weighted by molar-refractivity contribution is 5.94. The van der Waals surface area contributed by atoms with E-state index in [1.54, 1.807) is 6.08 Å². The molecule has 0 aromatic heterocycles. The molecule has 0 radical (unpaired) electrons. The summed E-state index contributed by atoms with van der Waals surface area (Å²) in [4.78, 5) is 37.1. The molecule has 136 valence electrons. The Bertz CT molecular complexity index is 680. The minimum absolute atomic E-state index is 0.103. The number of aliphatic hydroxyl groups is 2. The summed E-state index contributed by atoms with van der Waals surface area (Å²) in [5, 5.41) is 20.1. The van der Waals surface area contributed by atoms with Crippen molar-refractivity contribution in [3.63, 3.8) is 0 Å². The van der Waals surface area contributed by atoms with Gasteiger partial charge in [-0.2, -0.15) is 0 Å². The molecular weight excluding hydrogens is 320 g/mol. The molecule has 4 aliphatic rings. The van der Waals surface area contributed by atoms with E-state index in [9.17, 15) is 24.6 Å². The summed E-state index contributed by atoms with van der Waals surface area (Å²) in [7, 11) is 0. The zero-order chi connectivity index (χ0) is 18.0. The van der Waals surface area contributed by atoms with Gasteiger partial charge in [0.25, 0.3) is 0 Å². The van der Waals surface area contributed by atoms with E-state index in [4.69, 9.17) is 0 Å². The van der Waals surface area contributed by atoms with Crippen LogP contribution in [0.15, 0.2) is 11.6 Å². The normalized spacial score (nSPS) is 46.1. The number of hydrogen-bond donors (Lipinski definition) is 2. The van der Waals surface area contributed by atoms with Gasteiger partial charge >= 0.3 is 0 Å². The maximum Gasteiger partial charge on any atom is 0.189 e. The zero-order valence-corrected chi connectivity index (χ0v) is 14.7. The highest BCUT2D eigenvalue weighted by Crippen LogP contribution is 2.62. The van der Waals surface area contributed by atoms with Gasteiger partial charge in [0.15, 0.2) is 11.6 Å². The van der Waals surface area contributed by atoms with Gasteiger partial charge in [-0.25, -0.2) is 0 Å². The Kier molecular flexibility index (Phi) is 3.82. The van der Waals surface area contributed by atoms with Gasteiger partial charge in [-0.1, -0.05) is 12.5 Å². The number of aliphatic hydroxyl groups excluding tert-OH is 1. The van der Waals surface area contributed by atoms with Crippen LogP contribution in [0.25, 0.3) is 0 Å². The van der Waals surface area contributed by atoms with E-state index in [-0.39, 0.29) is 47.1 Å². The van der Waals surface area contributed by atoms with Crippen molar-refractivity contribution in [2.24, 2.45) is 29.1 Å². The highest BCUT2D eigenvalue weighted by atomic mass is 16.3. The average molecular weight is 346 g/mol. The van der Waals surface area contributed by atoms with Crippen LogP contribution >= 0.6 is 0 Å². The average Bonchev–Trinajstić information content (AvgIpc) is 2.92. The first-order chi connectivity index (χ1) is 11.8. The van der Waals surface area contributed by atoms with Crippen LogP contribution in [0.5, 0.6) is 0 Å². The van der Waals surface area contributed by atoms with Crippen LogP contribution in [0.4, 0.5) is 0 Å². The van der Waals surface area contributed by atoms with E-state index < -0.39 is 18.0 Å². The van der Waals surface area contributed by atoms with Gasteiger partial charge in [0.1, 0.15) is 18.0 Å². The predicted molar refractivity (Wildman–Crippen MR) is 89.5 cm³/mol. The Labute approximate surface area is 147 Å². The lowest BCUT2D eigenvalue weighted by Gasteiger charge is -2.54. The van der Waals surface area contributed by atoms with Crippen molar-refractivity contribution in [2.75, 3.05) is 6.61 Å². The number of carbonyl (C=O) groups excluding carboxylic acids is 3. The lowest BCUT2D eigenvalue weighted by atomic mass is 9.49. The number of ketones is 3. The van der Waals surface area contributed by atoms with Crippen molar-refractivity contribution in [2.45, 2.75) is 57.5 Å². The largest absolute Gasteiger partial charge is 0.388 e. The summed E-state index contributed by atoms with van der Waals surface area (Å²) in [6.07, 6.45) is 5.94. The highest BCUT2D eigenvalue weighted by Gasteiger charge is 2.62. The lowest BCUT2D eigenvalue weighted by Crippen LogP contribution is -2.55. The molecule has 0 saturated heterocycles. The molecular formula is C20H26O5. The van der Waals surface area contributed by atoms with Crippen molar-refractivity contribution in [1.82, 2.24) is 0 Å². The molecule has 0 aromatic carbocycles. The van der Waals surface area contributed by atoms with Crippen LogP contribution in [0.1, 0.15) is 51.9 Å². The first-order valence-corrected chi connectivity index (χ1v) is 9.44. The van der Waals surface area contributed by atoms with Crippen molar-refractivity contribution < 1.29 is 24.6 Å². The van der Waals surface area contributed by atoms with Crippen LogP contribution < -0.4 is 0 Å². The van der Waals surface area contributed by atoms with Gasteiger partial charge in [-0.3, -0.25) is 14.4 Å². The van der Waals surface area contributed by atoms with Gasteiger partial charge in [0.05, 0.1) is 0 Å². The van der Waals surface area contributed by atoms with Gasteiger partial charge in [-0.05, 0) is 55.4 Å². The van der Waals surface area contributed by atoms with Crippen molar-refractivity contribution in [3.05, 3.63) is 11.6 Å². The van der Waals surface area contributed by atoms with E-state index in [0.717, 1.165) is 31.3 Å². The molecule has 0 aromatic rings. The molecule has 0 spiro atoms. The summed E-state index contributed by atoms with van der Waals surface area (Å²) in [6, 6.07) is 0. The second-order valence-electron chi connectivity index (χ2n) is 8.72. The Morgan fingerprint density at radius 1 is 1.20 bits per heavy atom. The first-order valence-electron chi connectivity index (χ1n) is 9.44. The smallest absolute Gasteiger partial charge is 0.189 e. The number of hydrogen-bond acceptors (Lipinski definition) is 5. The quantitative estimate of drug-likeness (QED) is 0.792. The summed E-state index contributed by atoms with van der Waals surface area (Å²) in [6.45, 7) is 1.45. The van der Waals surface area contributed by atoms with Crippen molar-refractivity contribution >= 4 is 17.3 Å². The van der Waals surface area contributed by atoms with E-state index >= 15 is 0 Å². The Balaban J connectivity index is 1.70. The second-order valence-corrected chi connectivity index (χ2v) is 8.72. The minimum atomic E-state index is -1.54. The van der Waals surface area contributed by atoms with Crippen LogP contribution in [-0.2, 0) is 14.4 Å². The van der Waals surface area contributed by atoms with Gasteiger partial charge < -0.3 is 10.2 Å². The van der Waals surface area contributed by atoms with Crippen LogP contribution in [0, 0.1) is 29.1 Å². The van der Waals surface area contributed by atoms with Crippen LogP contribution in [-0.4, -0.2) is 39.8 Å². The molecule has 25 heavy (non-hydrogen) atoms. The molecule has 3 fully saturated rings. The van der Waals surface area contributed by atoms with Gasteiger partial charge in [0.2, 0.25) is 0 Å². The maximum atomic E-state index is 13.1. The molecule has 5 nitrogen and oxygen atoms in total. The summed E-state index contributed by atoms with van der Waals surface area (Å²) in [5.41, 5.74) is -0.670. The fraction of sp³-hybridized carbons (Fsp3) is 0.750. The SMILES string of the molecule is C[C@]12CCC(=O)C=C1CC[C@H]1[C@@H]3CC[C@](O)(C(=O)CO)[C@H]3CC(=O)[C@@H]12. The van der Waals surface area contributed by atoms with Crippen molar-refractivity contribution in [1.29, 1.82) is 0 Å². The zero-order valence-electron chi connectivity index (χ0n) is 14.7. The Morgan fingerprint density at radius 2 is 1.96 bits per heavy atom. The summed E-state index contributed by atoms with van der Waals surface area (Å²) < 4.78 is 0. The van der Waals surface area contributed by atoms with Gasteiger partial charge in [-0.15, -0.1) is 0 Å². The first kappa shape index (κ1) is 17.1. The van der Waals surface area contributed by atoms with E-state index in [2.05, 4.69) is 6.92 Å². The third-order valence-corrected chi connectivity index (χ3v) is 7.75. The van der Waals surface area contributed by atoms with Crippen LogP contribution in [0.2, 0.25) is 0 Å². The van der Waals surface area contributed by atoms with E-state index in [1.807, 2.05) is 0 Å². The Hall–Kier alpha value is -1.33. The number of allylic oxidation sites excluding steroid dienone is 1. The fourth-order valence-corrected chi connectivity index (χ4v) is 6.49. The molecule has 5 heteroatoms. The molecule has 2 N–H and O–H groups in total. The number of carbonyl (C=O) groups is 3. The molecule has 6 atom stereocenters. The molecule has 0 heterocycles. The monoisotopic (exact) mass is 346 g/mol. The van der Waals surface area contributed by atoms with Gasteiger partial charge in [0, 0.05) is 24.7 Å². The molecule has 0 aliphatic heterocycles. The molecule has 0 amide bonds. The molecule has 0 unspecified atom stereocenters. The third-order valence-electron chi connectivity index (χ3n) is 7.75. The number of fused-ring (bicyclic) bond motifs is 5. The summed E-state index contributed by atoms with van der Waals surface area (Å²) in [5.74, 6) is -0.400. The number of Topliss-reactive ketones (excluding diaryl/α,β-unsaturated/α-hetero) is 2. The molecule has 0 bridgehead atoms. The van der Waals surface area contributed by atoms with Crippen LogP contribution in [0.3, 0.4) is 0 Å². The third kappa shape index (κ3) is 2.25. The maximum absolute atomic E-state index is 13.1. The second kappa shape index (κ2) is 5.58. The topological polar surface area (TPSA) is 91.7 Å². The standard InChI is InChI=1S/C20H26O5/c1-19-6-4-12(22)8-11(19)2-3-14-13-5-7-20(25,17(24)10-21)15(13)9-16(23)18(14)19/h8,13-15,18,21,25H,2-7,9-10H2,1H3/t13-,14-,15-,18+,19-,20+/m0/s1. The number of rotatable bonds is 2. The fourth-order valence-electron chi connectivity index (χ4n) is 6.49. The van der Waals surface area contributed by atoms with E-state index in [0.29, 0.717) is 12.8 Å². The lowest BCUT2D eigenvalue weighted by molar-refractivity contribution is -0.155. The summed E-state index contributed by atoms with van der Waals surface area (Å²) >= 11 is 0. The molecule has 4 rings (SSSR count). The van der Waals surface area contributed by atoms with Crippen molar-refractivity contribution in [3.8, 4) is 0 Å². The Morgan fingerprint density at radius 3 is 2.68 bits per heavy atom. The minimum Gasteiger partial charge on any atom is -0.388 e.